The van der Waals surface area contributed by atoms with E-state index in [1.165, 1.54) is 32.4 Å². The molecule has 3 N–H and O–H groups in total. The Hall–Kier alpha value is -0.610. The quantitative estimate of drug-likeness (QED) is 0.579. The van der Waals surface area contributed by atoms with Crippen molar-refractivity contribution in [1.29, 1.82) is 0 Å². The van der Waals surface area contributed by atoms with Crippen LogP contribution in [0.15, 0.2) is 0 Å². The lowest BCUT2D eigenvalue weighted by Crippen LogP contribution is -2.29. The number of rotatable bonds is 1. The molecule has 0 amide bonds. The van der Waals surface area contributed by atoms with Gasteiger partial charge in [-0.2, -0.15) is 0 Å². The van der Waals surface area contributed by atoms with Crippen molar-refractivity contribution in [2.45, 2.75) is 38.1 Å². The summed E-state index contributed by atoms with van der Waals surface area (Å²) in [5.41, 5.74) is 0. The summed E-state index contributed by atoms with van der Waals surface area (Å²) in [7, 11) is 0. The second-order valence-electron chi connectivity index (χ2n) is 3.80. The summed E-state index contributed by atoms with van der Waals surface area (Å²) in [6.45, 7) is 3.36. The molecule has 0 saturated carbocycles. The Morgan fingerprint density at radius 3 is 2.00 bits per heavy atom. The smallest absolute Gasteiger partial charge is 0.320 e. The number of hydrogen-bond acceptors (Lipinski definition) is 3. The molecular formula is C10H20N2O2. The summed E-state index contributed by atoms with van der Waals surface area (Å²) < 4.78 is 0. The lowest BCUT2D eigenvalue weighted by atomic mass is 10.2. The molecule has 2 aliphatic heterocycles. The van der Waals surface area contributed by atoms with Crippen LogP contribution < -0.4 is 10.6 Å². The topological polar surface area (TPSA) is 61.4 Å². The Kier molecular flexibility index (Phi) is 5.56. The van der Waals surface area contributed by atoms with Crippen LogP contribution in [0.2, 0.25) is 0 Å². The summed E-state index contributed by atoms with van der Waals surface area (Å²) in [6, 6.07) is -0.269. The Bertz CT molecular complexity index is 152. The third-order valence-corrected chi connectivity index (χ3v) is 2.57. The fourth-order valence-electron chi connectivity index (χ4n) is 1.70. The minimum Gasteiger partial charge on any atom is -0.480 e. The van der Waals surface area contributed by atoms with Gasteiger partial charge in [0.2, 0.25) is 0 Å². The summed E-state index contributed by atoms with van der Waals surface area (Å²) in [5, 5.41) is 14.5. The van der Waals surface area contributed by atoms with Crippen LogP contribution in [0.3, 0.4) is 0 Å². The number of carboxylic acid groups (broad SMARTS) is 1. The zero-order valence-electron chi connectivity index (χ0n) is 8.59. The fraction of sp³-hybridized carbons (Fsp3) is 0.900. The third-order valence-electron chi connectivity index (χ3n) is 2.57. The molecule has 2 aliphatic rings. The highest BCUT2D eigenvalue weighted by molar-refractivity contribution is 5.73. The van der Waals surface area contributed by atoms with E-state index in [-0.39, 0.29) is 6.04 Å². The largest absolute Gasteiger partial charge is 0.480 e. The van der Waals surface area contributed by atoms with Gasteiger partial charge in [-0.1, -0.05) is 6.42 Å². The first-order valence-corrected chi connectivity index (χ1v) is 5.47. The maximum Gasteiger partial charge on any atom is 0.320 e. The van der Waals surface area contributed by atoms with Crippen LogP contribution in [-0.2, 0) is 4.79 Å². The van der Waals surface area contributed by atoms with Crippen LogP contribution in [0.4, 0.5) is 0 Å². The predicted octanol–water partition coefficient (Wildman–Crippen LogP) is 0.583. The number of carbonyl (C=O) groups is 1. The molecule has 0 unspecified atom stereocenters. The minimum atomic E-state index is -0.720. The first-order chi connectivity index (χ1) is 6.80. The van der Waals surface area contributed by atoms with E-state index in [1.54, 1.807) is 0 Å². The predicted molar refractivity (Wildman–Crippen MR) is 55.4 cm³/mol. The molecule has 4 heteroatoms. The van der Waals surface area contributed by atoms with E-state index in [0.717, 1.165) is 19.4 Å². The van der Waals surface area contributed by atoms with E-state index >= 15 is 0 Å². The third kappa shape index (κ3) is 4.58. The van der Waals surface area contributed by atoms with E-state index in [9.17, 15) is 4.79 Å². The zero-order chi connectivity index (χ0) is 10.2. The Labute approximate surface area is 85.1 Å². The first kappa shape index (κ1) is 11.5. The van der Waals surface area contributed by atoms with Gasteiger partial charge in [0.05, 0.1) is 0 Å². The molecule has 2 heterocycles. The molecule has 0 aromatic rings. The number of piperidine rings is 1. The van der Waals surface area contributed by atoms with Gasteiger partial charge in [-0.05, 0) is 45.3 Å². The van der Waals surface area contributed by atoms with Gasteiger partial charge in [0.25, 0.3) is 0 Å². The molecular weight excluding hydrogens is 180 g/mol. The lowest BCUT2D eigenvalue weighted by molar-refractivity contribution is -0.139. The molecule has 0 spiro atoms. The zero-order valence-corrected chi connectivity index (χ0v) is 8.59. The molecule has 82 valence electrons. The number of nitrogens with one attached hydrogen (secondary N) is 2. The first-order valence-electron chi connectivity index (χ1n) is 5.47. The molecule has 4 nitrogen and oxygen atoms in total. The van der Waals surface area contributed by atoms with Crippen LogP contribution in [0, 0.1) is 0 Å². The molecule has 0 aromatic heterocycles. The minimum absolute atomic E-state index is 0.269. The fourth-order valence-corrected chi connectivity index (χ4v) is 1.70. The molecule has 2 rings (SSSR count). The van der Waals surface area contributed by atoms with Gasteiger partial charge in [-0.3, -0.25) is 4.79 Å². The van der Waals surface area contributed by atoms with E-state index in [2.05, 4.69) is 10.6 Å². The molecule has 2 fully saturated rings. The van der Waals surface area contributed by atoms with E-state index in [4.69, 9.17) is 5.11 Å². The van der Waals surface area contributed by atoms with Gasteiger partial charge in [-0.15, -0.1) is 0 Å². The maximum atomic E-state index is 10.1. The Morgan fingerprint density at radius 2 is 1.79 bits per heavy atom. The van der Waals surface area contributed by atoms with Crippen molar-refractivity contribution in [3.05, 3.63) is 0 Å². The van der Waals surface area contributed by atoms with E-state index in [1.807, 2.05) is 0 Å². The maximum absolute atomic E-state index is 10.1. The highest BCUT2D eigenvalue weighted by atomic mass is 16.4. The van der Waals surface area contributed by atoms with Gasteiger partial charge in [-0.25, -0.2) is 0 Å². The number of aliphatic carboxylic acids is 1. The number of hydrogen-bond donors (Lipinski definition) is 3. The van der Waals surface area contributed by atoms with Gasteiger partial charge in [0.15, 0.2) is 0 Å². The summed E-state index contributed by atoms with van der Waals surface area (Å²) in [6.07, 6.45) is 6.00. The van der Waals surface area contributed by atoms with E-state index < -0.39 is 5.97 Å². The summed E-state index contributed by atoms with van der Waals surface area (Å²) in [5.74, 6) is -0.720. The van der Waals surface area contributed by atoms with Crippen LogP contribution in [-0.4, -0.2) is 36.8 Å². The van der Waals surface area contributed by atoms with Crippen molar-refractivity contribution < 1.29 is 9.90 Å². The Balaban J connectivity index is 0.000000146. The van der Waals surface area contributed by atoms with Crippen LogP contribution in [0.25, 0.3) is 0 Å². The van der Waals surface area contributed by atoms with Gasteiger partial charge in [0, 0.05) is 0 Å². The molecule has 14 heavy (non-hydrogen) atoms. The summed E-state index contributed by atoms with van der Waals surface area (Å²) in [4.78, 5) is 10.1. The standard InChI is InChI=1S/C5H9NO2.C5H11N/c7-5(8)4-2-1-3-6-4;1-2-4-6-5-3-1/h4,6H,1-3H2,(H,7,8);6H,1-5H2/t4-;/m0./s1. The van der Waals surface area contributed by atoms with Crippen LogP contribution >= 0.6 is 0 Å². The van der Waals surface area contributed by atoms with Crippen molar-refractivity contribution in [1.82, 2.24) is 10.6 Å². The van der Waals surface area contributed by atoms with Crippen LogP contribution in [0.5, 0.6) is 0 Å². The molecule has 2 saturated heterocycles. The molecule has 0 radical (unpaired) electrons. The van der Waals surface area contributed by atoms with Crippen molar-refractivity contribution in [2.75, 3.05) is 19.6 Å². The highest BCUT2D eigenvalue weighted by Gasteiger charge is 2.20. The van der Waals surface area contributed by atoms with Crippen LogP contribution in [0.1, 0.15) is 32.1 Å². The molecule has 1 atom stereocenters. The van der Waals surface area contributed by atoms with E-state index in [0.29, 0.717) is 0 Å². The SMILES string of the molecule is C1CCNCC1.O=C(O)[C@@H]1CCCN1. The Morgan fingerprint density at radius 1 is 1.07 bits per heavy atom. The van der Waals surface area contributed by atoms with Gasteiger partial charge < -0.3 is 15.7 Å². The van der Waals surface area contributed by atoms with Crippen molar-refractivity contribution >= 4 is 5.97 Å². The molecule has 0 aliphatic carbocycles. The van der Waals surface area contributed by atoms with Crippen molar-refractivity contribution in [3.8, 4) is 0 Å². The van der Waals surface area contributed by atoms with Gasteiger partial charge >= 0.3 is 5.97 Å². The average molecular weight is 200 g/mol. The second-order valence-corrected chi connectivity index (χ2v) is 3.80. The lowest BCUT2D eigenvalue weighted by Gasteiger charge is -2.08. The highest BCUT2D eigenvalue weighted by Crippen LogP contribution is 2.03. The normalized spacial score (nSPS) is 26.4. The molecule has 0 bridgehead atoms. The van der Waals surface area contributed by atoms with Crippen molar-refractivity contribution in [2.24, 2.45) is 0 Å². The monoisotopic (exact) mass is 200 g/mol. The average Bonchev–Trinajstić information content (AvgIpc) is 2.74. The molecule has 0 aromatic carbocycles. The van der Waals surface area contributed by atoms with Crippen molar-refractivity contribution in [3.63, 3.8) is 0 Å². The second kappa shape index (κ2) is 6.79. The van der Waals surface area contributed by atoms with Gasteiger partial charge in [0.1, 0.15) is 6.04 Å². The number of carboxylic acids is 1. The summed E-state index contributed by atoms with van der Waals surface area (Å²) >= 11 is 0.